The molecule has 0 N–H and O–H groups in total. The second-order valence-electron chi connectivity index (χ2n) is 6.84. The zero-order valence-electron chi connectivity index (χ0n) is 15.8. The van der Waals surface area contributed by atoms with Gasteiger partial charge in [-0.3, -0.25) is 4.79 Å². The van der Waals surface area contributed by atoms with Gasteiger partial charge in [0.15, 0.2) is 5.78 Å². The molecular weight excluding hydrogens is 376 g/mol. The number of Topliss-reactive ketones (excluding diaryl/α,β-unsaturated/α-hetero) is 1. The maximum absolute atomic E-state index is 11.7. The molecule has 0 bridgehead atoms. The predicted octanol–water partition coefficient (Wildman–Crippen LogP) is 5.38. The standard InChI is InChI=1S/C21H22N2O2S2/c1-12(24)14-8-9-17(25-3)15(10-14)11-26-20-19-16-6-4-5-7-18(16)27-21(19)23-13(2)22-20/h8-10H,4-7,11H2,1-3H3. The fraction of sp³-hybridized carbons (Fsp3) is 0.381. The van der Waals surface area contributed by atoms with Gasteiger partial charge in [-0.05, 0) is 63.3 Å². The van der Waals surface area contributed by atoms with Gasteiger partial charge in [0.1, 0.15) is 21.4 Å². The molecule has 0 saturated carbocycles. The lowest BCUT2D eigenvalue weighted by Gasteiger charge is -2.13. The molecule has 1 aliphatic rings. The summed E-state index contributed by atoms with van der Waals surface area (Å²) in [7, 11) is 1.67. The molecule has 0 unspecified atom stereocenters. The van der Waals surface area contributed by atoms with Crippen molar-refractivity contribution in [2.45, 2.75) is 50.3 Å². The number of hydrogen-bond donors (Lipinski definition) is 0. The van der Waals surface area contributed by atoms with Gasteiger partial charge in [0.2, 0.25) is 0 Å². The summed E-state index contributed by atoms with van der Waals surface area (Å²) in [5.41, 5.74) is 3.18. The van der Waals surface area contributed by atoms with Gasteiger partial charge >= 0.3 is 0 Å². The number of thiophene rings is 1. The van der Waals surface area contributed by atoms with Gasteiger partial charge in [-0.25, -0.2) is 9.97 Å². The van der Waals surface area contributed by atoms with Gasteiger partial charge in [-0.15, -0.1) is 23.1 Å². The second kappa shape index (κ2) is 7.60. The fourth-order valence-electron chi connectivity index (χ4n) is 3.59. The third-order valence-electron chi connectivity index (χ3n) is 4.94. The molecule has 0 atom stereocenters. The number of aromatic nitrogens is 2. The number of carbonyl (C=O) groups excluding carboxylic acids is 1. The van der Waals surface area contributed by atoms with Crippen LogP contribution in [0.15, 0.2) is 23.2 Å². The van der Waals surface area contributed by atoms with E-state index in [9.17, 15) is 4.79 Å². The van der Waals surface area contributed by atoms with Gasteiger partial charge < -0.3 is 4.74 Å². The highest BCUT2D eigenvalue weighted by Crippen LogP contribution is 2.40. The first-order valence-electron chi connectivity index (χ1n) is 9.16. The number of ketones is 1. The Bertz CT molecular complexity index is 1030. The van der Waals surface area contributed by atoms with Crippen LogP contribution >= 0.6 is 23.1 Å². The number of aryl methyl sites for hydroxylation is 3. The van der Waals surface area contributed by atoms with Crippen LogP contribution in [0, 0.1) is 6.92 Å². The molecule has 140 valence electrons. The normalized spacial score (nSPS) is 13.6. The molecule has 0 amide bonds. The third-order valence-corrected chi connectivity index (χ3v) is 7.15. The maximum Gasteiger partial charge on any atom is 0.159 e. The number of ether oxygens (including phenoxy) is 1. The number of thioether (sulfide) groups is 1. The Hall–Kier alpha value is -1.92. The summed E-state index contributed by atoms with van der Waals surface area (Å²) >= 11 is 3.54. The van der Waals surface area contributed by atoms with Crippen molar-refractivity contribution in [1.29, 1.82) is 0 Å². The van der Waals surface area contributed by atoms with E-state index in [0.717, 1.165) is 39.8 Å². The largest absolute Gasteiger partial charge is 0.496 e. The lowest BCUT2D eigenvalue weighted by Crippen LogP contribution is -2.00. The van der Waals surface area contributed by atoms with E-state index < -0.39 is 0 Å². The quantitative estimate of drug-likeness (QED) is 0.328. The van der Waals surface area contributed by atoms with E-state index in [1.165, 1.54) is 28.7 Å². The minimum absolute atomic E-state index is 0.0658. The third kappa shape index (κ3) is 3.60. The van der Waals surface area contributed by atoms with Crippen LogP contribution in [0.3, 0.4) is 0 Å². The van der Waals surface area contributed by atoms with Gasteiger partial charge in [0.05, 0.1) is 7.11 Å². The van der Waals surface area contributed by atoms with Crippen LogP contribution in [0.25, 0.3) is 10.2 Å². The van der Waals surface area contributed by atoms with Gasteiger partial charge in [-0.1, -0.05) is 0 Å². The van der Waals surface area contributed by atoms with Gasteiger partial charge in [0, 0.05) is 27.1 Å². The van der Waals surface area contributed by atoms with E-state index in [1.54, 1.807) is 25.8 Å². The molecule has 4 nitrogen and oxygen atoms in total. The van der Waals surface area contributed by atoms with E-state index >= 15 is 0 Å². The maximum atomic E-state index is 11.7. The number of benzene rings is 1. The molecule has 27 heavy (non-hydrogen) atoms. The van der Waals surface area contributed by atoms with Crippen LogP contribution in [0.5, 0.6) is 5.75 Å². The summed E-state index contributed by atoms with van der Waals surface area (Å²) in [6.07, 6.45) is 4.79. The first-order chi connectivity index (χ1) is 13.1. The summed E-state index contributed by atoms with van der Waals surface area (Å²) in [6.45, 7) is 3.55. The molecule has 1 aromatic carbocycles. The molecule has 4 rings (SSSR count). The predicted molar refractivity (Wildman–Crippen MR) is 111 cm³/mol. The minimum atomic E-state index is 0.0658. The Balaban J connectivity index is 1.71. The van der Waals surface area contributed by atoms with Crippen molar-refractivity contribution in [3.8, 4) is 5.75 Å². The lowest BCUT2D eigenvalue weighted by atomic mass is 9.97. The van der Waals surface area contributed by atoms with Crippen molar-refractivity contribution in [1.82, 2.24) is 9.97 Å². The Morgan fingerprint density at radius 3 is 2.85 bits per heavy atom. The van der Waals surface area contributed by atoms with E-state index in [4.69, 9.17) is 14.7 Å². The van der Waals surface area contributed by atoms with Crippen LogP contribution in [0.4, 0.5) is 0 Å². The van der Waals surface area contributed by atoms with Crippen molar-refractivity contribution in [3.63, 3.8) is 0 Å². The number of fused-ring (bicyclic) bond motifs is 3. The lowest BCUT2D eigenvalue weighted by molar-refractivity contribution is 0.101. The molecule has 2 aromatic heterocycles. The molecule has 0 radical (unpaired) electrons. The first kappa shape index (κ1) is 18.4. The number of rotatable bonds is 5. The first-order valence-corrected chi connectivity index (χ1v) is 11.0. The molecule has 3 aromatic rings. The molecule has 0 aliphatic heterocycles. The summed E-state index contributed by atoms with van der Waals surface area (Å²) in [6, 6.07) is 5.63. The fourth-order valence-corrected chi connectivity index (χ4v) is 6.04. The molecule has 0 spiro atoms. The van der Waals surface area contributed by atoms with Crippen LogP contribution in [-0.2, 0) is 18.6 Å². The van der Waals surface area contributed by atoms with Crippen molar-refractivity contribution >= 4 is 39.1 Å². The number of methoxy groups -OCH3 is 1. The smallest absolute Gasteiger partial charge is 0.159 e. The summed E-state index contributed by atoms with van der Waals surface area (Å²) in [4.78, 5) is 23.8. The SMILES string of the molecule is COc1ccc(C(C)=O)cc1CSc1nc(C)nc2sc3c(c12)CCCC3. The number of nitrogens with zero attached hydrogens (tertiary/aromatic N) is 2. The number of carbonyl (C=O) groups is 1. The Kier molecular flexibility index (Phi) is 5.19. The molecule has 0 saturated heterocycles. The monoisotopic (exact) mass is 398 g/mol. The molecule has 0 fully saturated rings. The second-order valence-corrected chi connectivity index (χ2v) is 8.89. The van der Waals surface area contributed by atoms with Crippen molar-refractivity contribution in [2.75, 3.05) is 7.11 Å². The highest BCUT2D eigenvalue weighted by Gasteiger charge is 2.21. The van der Waals surface area contributed by atoms with Crippen molar-refractivity contribution < 1.29 is 9.53 Å². The van der Waals surface area contributed by atoms with Crippen LogP contribution in [0.1, 0.15) is 52.0 Å². The minimum Gasteiger partial charge on any atom is -0.496 e. The van der Waals surface area contributed by atoms with E-state index in [0.29, 0.717) is 11.3 Å². The molecule has 2 heterocycles. The highest BCUT2D eigenvalue weighted by molar-refractivity contribution is 7.98. The van der Waals surface area contributed by atoms with Gasteiger partial charge in [0.25, 0.3) is 0 Å². The van der Waals surface area contributed by atoms with Crippen molar-refractivity contribution in [2.24, 2.45) is 0 Å². The number of hydrogen-bond acceptors (Lipinski definition) is 6. The Morgan fingerprint density at radius 1 is 1.26 bits per heavy atom. The molecule has 6 heteroatoms. The van der Waals surface area contributed by atoms with E-state index in [1.807, 2.05) is 36.5 Å². The molecular formula is C21H22N2O2S2. The van der Waals surface area contributed by atoms with Gasteiger partial charge in [-0.2, -0.15) is 0 Å². The summed E-state index contributed by atoms with van der Waals surface area (Å²) in [5.74, 6) is 2.39. The average Bonchev–Trinajstić information content (AvgIpc) is 3.03. The summed E-state index contributed by atoms with van der Waals surface area (Å²) < 4.78 is 5.50. The Labute approximate surface area is 167 Å². The zero-order chi connectivity index (χ0) is 19.0. The zero-order valence-corrected chi connectivity index (χ0v) is 17.4. The topological polar surface area (TPSA) is 52.1 Å². The van der Waals surface area contributed by atoms with Crippen molar-refractivity contribution in [3.05, 3.63) is 45.6 Å². The Morgan fingerprint density at radius 2 is 2.07 bits per heavy atom. The van der Waals surface area contributed by atoms with E-state index in [-0.39, 0.29) is 5.78 Å². The molecule has 1 aliphatic carbocycles. The van der Waals surface area contributed by atoms with E-state index in [2.05, 4.69) is 0 Å². The van der Waals surface area contributed by atoms with Crippen LogP contribution in [-0.4, -0.2) is 22.9 Å². The van der Waals surface area contributed by atoms with Crippen LogP contribution in [0.2, 0.25) is 0 Å². The highest BCUT2D eigenvalue weighted by atomic mass is 32.2. The van der Waals surface area contributed by atoms with Crippen LogP contribution < -0.4 is 4.74 Å². The average molecular weight is 399 g/mol. The summed E-state index contributed by atoms with van der Waals surface area (Å²) in [5, 5.41) is 2.29.